The summed E-state index contributed by atoms with van der Waals surface area (Å²) in [7, 11) is -1.18. The zero-order valence-electron chi connectivity index (χ0n) is 22.4. The lowest BCUT2D eigenvalue weighted by Gasteiger charge is -2.35. The maximum absolute atomic E-state index is 14.0. The van der Waals surface area contributed by atoms with E-state index < -0.39 is 27.7 Å². The van der Waals surface area contributed by atoms with Gasteiger partial charge in [0.2, 0.25) is 0 Å². The largest absolute Gasteiger partial charge is 0.486 e. The highest BCUT2D eigenvalue weighted by molar-refractivity contribution is 7.93. The van der Waals surface area contributed by atoms with E-state index in [1.165, 1.54) is 16.1 Å². The van der Waals surface area contributed by atoms with Crippen LogP contribution >= 0.6 is 0 Å². The fourth-order valence-corrected chi connectivity index (χ4v) is 5.84. The van der Waals surface area contributed by atoms with Gasteiger partial charge in [-0.1, -0.05) is 6.07 Å². The van der Waals surface area contributed by atoms with Crippen LogP contribution in [0.3, 0.4) is 0 Å². The first kappa shape index (κ1) is 28.3. The third-order valence-electron chi connectivity index (χ3n) is 5.69. The van der Waals surface area contributed by atoms with Gasteiger partial charge < -0.3 is 18.9 Å². The predicted molar refractivity (Wildman–Crippen MR) is 135 cm³/mol. The average molecular weight is 538 g/mol. The van der Waals surface area contributed by atoms with Crippen molar-refractivity contribution >= 4 is 27.6 Å². The standard InChI is InChI=1S/C25H35N3O8S/c1-8-34-21(29)12-10-18-15-28(37(31,32)23-16(2)27(6)26-24(23)33-7)19-13-17(9-11-20(19)35-18)14-22(30)36-25(3,4)5/h9,11,13,18H,8,10,12,14-15H2,1-7H3/t18-/m0/s1. The van der Waals surface area contributed by atoms with Crippen molar-refractivity contribution in [3.8, 4) is 11.6 Å². The zero-order valence-corrected chi connectivity index (χ0v) is 23.2. The molecule has 37 heavy (non-hydrogen) atoms. The van der Waals surface area contributed by atoms with Crippen LogP contribution < -0.4 is 13.8 Å². The van der Waals surface area contributed by atoms with Gasteiger partial charge in [0.1, 0.15) is 17.5 Å². The first-order chi connectivity index (χ1) is 17.3. The molecule has 11 nitrogen and oxygen atoms in total. The van der Waals surface area contributed by atoms with Crippen molar-refractivity contribution in [2.75, 3.05) is 24.6 Å². The molecule has 3 rings (SSSR count). The van der Waals surface area contributed by atoms with Crippen LogP contribution in [0.5, 0.6) is 11.6 Å². The molecule has 1 aromatic heterocycles. The molecule has 0 bridgehead atoms. The predicted octanol–water partition coefficient (Wildman–Crippen LogP) is 2.92. The number of methoxy groups -OCH3 is 1. The molecule has 204 valence electrons. The second-order valence-corrected chi connectivity index (χ2v) is 11.5. The van der Waals surface area contributed by atoms with Gasteiger partial charge in [0.05, 0.1) is 38.1 Å². The van der Waals surface area contributed by atoms with Crippen molar-refractivity contribution in [1.82, 2.24) is 9.78 Å². The molecule has 0 N–H and O–H groups in total. The lowest BCUT2D eigenvalue weighted by atomic mass is 10.1. The number of rotatable bonds is 9. The number of aryl methyl sites for hydroxylation is 1. The van der Waals surface area contributed by atoms with Crippen LogP contribution in [0.25, 0.3) is 0 Å². The molecule has 0 radical (unpaired) electrons. The van der Waals surface area contributed by atoms with E-state index in [4.69, 9.17) is 18.9 Å². The highest BCUT2D eigenvalue weighted by Gasteiger charge is 2.39. The van der Waals surface area contributed by atoms with Gasteiger partial charge in [-0.3, -0.25) is 18.6 Å². The SMILES string of the molecule is CCOC(=O)CC[C@H]1CN(S(=O)(=O)c2c(OC)nn(C)c2C)c2cc(CC(=O)OC(C)(C)C)ccc2O1. The molecule has 0 saturated carbocycles. The quantitative estimate of drug-likeness (QED) is 0.444. The molecule has 0 amide bonds. The van der Waals surface area contributed by atoms with Gasteiger partial charge >= 0.3 is 11.9 Å². The second-order valence-electron chi connectivity index (χ2n) is 9.73. The summed E-state index contributed by atoms with van der Waals surface area (Å²) in [6.45, 7) is 8.90. The Kier molecular flexibility index (Phi) is 8.41. The number of nitrogens with zero attached hydrogens (tertiary/aromatic N) is 3. The Morgan fingerprint density at radius 3 is 2.54 bits per heavy atom. The molecule has 0 unspecified atom stereocenters. The van der Waals surface area contributed by atoms with Crippen LogP contribution in [-0.4, -0.2) is 62.1 Å². The Morgan fingerprint density at radius 1 is 1.22 bits per heavy atom. The molecule has 0 saturated heterocycles. The summed E-state index contributed by atoms with van der Waals surface area (Å²) in [6, 6.07) is 4.93. The normalized spacial score (nSPS) is 15.5. The monoisotopic (exact) mass is 537 g/mol. The van der Waals surface area contributed by atoms with Crippen molar-refractivity contribution in [1.29, 1.82) is 0 Å². The van der Waals surface area contributed by atoms with Gasteiger partial charge in [0.15, 0.2) is 4.90 Å². The molecular formula is C25H35N3O8S. The molecule has 2 aromatic rings. The number of esters is 2. The summed E-state index contributed by atoms with van der Waals surface area (Å²) in [4.78, 5) is 24.3. The Bertz CT molecular complexity index is 1260. The van der Waals surface area contributed by atoms with Crippen LogP contribution in [-0.2, 0) is 42.6 Å². The first-order valence-electron chi connectivity index (χ1n) is 12.0. The van der Waals surface area contributed by atoms with E-state index in [0.717, 1.165) is 0 Å². The van der Waals surface area contributed by atoms with E-state index in [1.54, 1.807) is 59.9 Å². The van der Waals surface area contributed by atoms with E-state index in [-0.39, 0.29) is 54.8 Å². The molecule has 1 aliphatic rings. The van der Waals surface area contributed by atoms with Crippen molar-refractivity contribution < 1.29 is 37.0 Å². The van der Waals surface area contributed by atoms with E-state index in [9.17, 15) is 18.0 Å². The molecule has 1 aliphatic heterocycles. The molecule has 12 heteroatoms. The first-order valence-corrected chi connectivity index (χ1v) is 13.5. The average Bonchev–Trinajstić information content (AvgIpc) is 3.10. The lowest BCUT2D eigenvalue weighted by molar-refractivity contribution is -0.154. The summed E-state index contributed by atoms with van der Waals surface area (Å²) >= 11 is 0. The molecule has 1 aromatic carbocycles. The second kappa shape index (κ2) is 11.0. The van der Waals surface area contributed by atoms with Crippen molar-refractivity contribution in [2.45, 2.75) is 70.5 Å². The fraction of sp³-hybridized carbons (Fsp3) is 0.560. The maximum atomic E-state index is 14.0. The number of sulfonamides is 1. The number of fused-ring (bicyclic) bond motifs is 1. The van der Waals surface area contributed by atoms with Crippen LogP contribution in [0.15, 0.2) is 23.1 Å². The van der Waals surface area contributed by atoms with Gasteiger partial charge in [-0.05, 0) is 58.7 Å². The van der Waals surface area contributed by atoms with Crippen LogP contribution in [0.4, 0.5) is 5.69 Å². The van der Waals surface area contributed by atoms with Gasteiger partial charge in [-0.15, -0.1) is 5.10 Å². The number of carbonyl (C=O) groups is 2. The zero-order chi connectivity index (χ0) is 27.5. The Morgan fingerprint density at radius 2 is 1.92 bits per heavy atom. The number of carbonyl (C=O) groups excluding carboxylic acids is 2. The van der Waals surface area contributed by atoms with E-state index in [0.29, 0.717) is 17.0 Å². The van der Waals surface area contributed by atoms with E-state index in [2.05, 4.69) is 5.10 Å². The van der Waals surface area contributed by atoms with Gasteiger partial charge in [-0.2, -0.15) is 0 Å². The van der Waals surface area contributed by atoms with E-state index in [1.807, 2.05) is 0 Å². The smallest absolute Gasteiger partial charge is 0.310 e. The lowest BCUT2D eigenvalue weighted by Crippen LogP contribution is -2.44. The Hall–Kier alpha value is -3.28. The highest BCUT2D eigenvalue weighted by atomic mass is 32.2. The minimum absolute atomic E-state index is 0.0268. The number of anilines is 1. The third-order valence-corrected chi connectivity index (χ3v) is 7.60. The topological polar surface area (TPSA) is 126 Å². The molecule has 0 fully saturated rings. The molecule has 0 spiro atoms. The summed E-state index contributed by atoms with van der Waals surface area (Å²) < 4.78 is 52.5. The molecule has 1 atom stereocenters. The summed E-state index contributed by atoms with van der Waals surface area (Å²) in [5, 5.41) is 4.17. The summed E-state index contributed by atoms with van der Waals surface area (Å²) in [6.07, 6.45) is -0.313. The highest BCUT2D eigenvalue weighted by Crippen LogP contribution is 2.41. The Labute approximate surface area is 217 Å². The minimum Gasteiger partial charge on any atom is -0.486 e. The van der Waals surface area contributed by atoms with Crippen LogP contribution in [0.1, 0.15) is 51.8 Å². The fourth-order valence-electron chi connectivity index (χ4n) is 4.00. The number of hydrogen-bond donors (Lipinski definition) is 0. The minimum atomic E-state index is -4.17. The summed E-state index contributed by atoms with van der Waals surface area (Å²) in [5.41, 5.74) is 0.595. The molecular weight excluding hydrogens is 502 g/mol. The number of benzene rings is 1. The van der Waals surface area contributed by atoms with Gasteiger partial charge in [-0.25, -0.2) is 8.42 Å². The van der Waals surface area contributed by atoms with Crippen molar-refractivity contribution in [3.05, 3.63) is 29.5 Å². The molecule has 0 aliphatic carbocycles. The van der Waals surface area contributed by atoms with Gasteiger partial charge in [0.25, 0.3) is 15.9 Å². The van der Waals surface area contributed by atoms with Gasteiger partial charge in [0, 0.05) is 13.5 Å². The number of hydrogen-bond acceptors (Lipinski definition) is 9. The van der Waals surface area contributed by atoms with Crippen molar-refractivity contribution in [2.24, 2.45) is 7.05 Å². The Balaban J connectivity index is 2.02. The van der Waals surface area contributed by atoms with Crippen LogP contribution in [0.2, 0.25) is 0 Å². The maximum Gasteiger partial charge on any atom is 0.310 e. The number of ether oxygens (including phenoxy) is 4. The van der Waals surface area contributed by atoms with Crippen LogP contribution in [0, 0.1) is 6.92 Å². The van der Waals surface area contributed by atoms with E-state index >= 15 is 0 Å². The summed E-state index contributed by atoms with van der Waals surface area (Å²) in [5.74, 6) is -0.530. The molecule has 2 heterocycles. The number of aromatic nitrogens is 2. The third kappa shape index (κ3) is 6.54. The van der Waals surface area contributed by atoms with Crippen molar-refractivity contribution in [3.63, 3.8) is 0 Å².